The van der Waals surface area contributed by atoms with Crippen LogP contribution in [0.15, 0.2) is 18.2 Å². The van der Waals surface area contributed by atoms with E-state index in [0.717, 1.165) is 13.1 Å². The van der Waals surface area contributed by atoms with Crippen LogP contribution in [0.4, 0.5) is 5.69 Å². The van der Waals surface area contributed by atoms with Gasteiger partial charge in [0.05, 0.1) is 25.2 Å². The number of methoxy groups -OCH3 is 1. The second-order valence-electron chi connectivity index (χ2n) is 4.98. The van der Waals surface area contributed by atoms with Crippen LogP contribution in [0.5, 0.6) is 5.75 Å². The first-order valence-corrected chi connectivity index (χ1v) is 6.80. The lowest BCUT2D eigenvalue weighted by Gasteiger charge is -2.22. The summed E-state index contributed by atoms with van der Waals surface area (Å²) < 4.78 is 10.9. The van der Waals surface area contributed by atoms with Gasteiger partial charge < -0.3 is 14.8 Å². The molecule has 1 aliphatic rings. The fraction of sp³-hybridized carbons (Fsp3) is 0.571. The molecule has 1 fully saturated rings. The van der Waals surface area contributed by atoms with E-state index >= 15 is 0 Å². The van der Waals surface area contributed by atoms with E-state index in [1.165, 1.54) is 25.0 Å². The van der Waals surface area contributed by atoms with Crippen LogP contribution in [0.3, 0.4) is 0 Å². The zero-order valence-electron chi connectivity index (χ0n) is 11.6. The van der Waals surface area contributed by atoms with Gasteiger partial charge in [-0.05, 0) is 31.4 Å². The Morgan fingerprint density at radius 2 is 2.35 bits per heavy atom. The summed E-state index contributed by atoms with van der Waals surface area (Å²) in [6.45, 7) is 3.06. The Morgan fingerprint density at radius 1 is 1.50 bits per heavy atom. The number of nitro benzene ring substituents is 1. The number of benzene rings is 1. The largest absolute Gasteiger partial charge is 0.496 e. The monoisotopic (exact) mass is 280 g/mol. The molecule has 6 nitrogen and oxygen atoms in total. The molecule has 1 saturated heterocycles. The summed E-state index contributed by atoms with van der Waals surface area (Å²) in [5, 5.41) is 14.1. The lowest BCUT2D eigenvalue weighted by molar-refractivity contribution is -0.385. The number of piperidine rings is 1. The van der Waals surface area contributed by atoms with E-state index in [9.17, 15) is 10.1 Å². The zero-order valence-corrected chi connectivity index (χ0v) is 11.6. The van der Waals surface area contributed by atoms with Crippen LogP contribution < -0.4 is 10.1 Å². The van der Waals surface area contributed by atoms with Crippen molar-refractivity contribution in [1.82, 2.24) is 5.32 Å². The average molecular weight is 280 g/mol. The maximum Gasteiger partial charge on any atom is 0.270 e. The predicted octanol–water partition coefficient (Wildman–Crippen LogP) is 2.12. The van der Waals surface area contributed by atoms with Gasteiger partial charge in [-0.2, -0.15) is 0 Å². The second-order valence-corrected chi connectivity index (χ2v) is 4.98. The van der Waals surface area contributed by atoms with E-state index in [2.05, 4.69) is 5.32 Å². The first-order chi connectivity index (χ1) is 9.70. The lowest BCUT2D eigenvalue weighted by Crippen LogP contribution is -2.32. The van der Waals surface area contributed by atoms with Crippen LogP contribution in [-0.4, -0.2) is 31.7 Å². The molecule has 20 heavy (non-hydrogen) atoms. The Labute approximate surface area is 118 Å². The molecule has 0 radical (unpaired) electrons. The minimum Gasteiger partial charge on any atom is -0.496 e. The average Bonchev–Trinajstić information content (AvgIpc) is 2.48. The lowest BCUT2D eigenvalue weighted by atomic mass is 10.0. The van der Waals surface area contributed by atoms with Crippen LogP contribution in [0.2, 0.25) is 0 Å². The zero-order chi connectivity index (χ0) is 14.4. The molecular formula is C14H20N2O4. The number of hydrogen-bond acceptors (Lipinski definition) is 5. The van der Waals surface area contributed by atoms with Crippen LogP contribution in [0.25, 0.3) is 0 Å². The number of rotatable bonds is 6. The Kier molecular flexibility index (Phi) is 5.31. The molecule has 1 aliphatic heterocycles. The highest BCUT2D eigenvalue weighted by Gasteiger charge is 2.15. The van der Waals surface area contributed by atoms with Crippen LogP contribution >= 0.6 is 0 Å². The minimum atomic E-state index is -0.409. The van der Waals surface area contributed by atoms with E-state index in [1.54, 1.807) is 13.2 Å². The maximum atomic E-state index is 10.8. The molecule has 1 unspecified atom stereocenters. The van der Waals surface area contributed by atoms with E-state index in [4.69, 9.17) is 9.47 Å². The van der Waals surface area contributed by atoms with Crippen LogP contribution in [0.1, 0.15) is 18.4 Å². The summed E-state index contributed by atoms with van der Waals surface area (Å²) in [5.74, 6) is 1.14. The van der Waals surface area contributed by atoms with Gasteiger partial charge in [-0.15, -0.1) is 0 Å². The van der Waals surface area contributed by atoms with Gasteiger partial charge >= 0.3 is 0 Å². The molecule has 0 saturated carbocycles. The van der Waals surface area contributed by atoms with E-state index < -0.39 is 4.92 Å². The van der Waals surface area contributed by atoms with Crippen molar-refractivity contribution in [2.45, 2.75) is 19.4 Å². The molecule has 1 N–H and O–H groups in total. The summed E-state index contributed by atoms with van der Waals surface area (Å²) in [6.07, 6.45) is 2.34. The standard InChI is InChI=1S/C14H20N2O4/c1-19-14-5-4-13(16(17)18)7-12(14)10-20-9-11-3-2-6-15-8-11/h4-5,7,11,15H,2-3,6,8-10H2,1H3. The minimum absolute atomic E-state index is 0.0590. The van der Waals surface area contributed by atoms with Crippen molar-refractivity contribution >= 4 is 5.69 Å². The quantitative estimate of drug-likeness (QED) is 0.638. The van der Waals surface area contributed by atoms with Gasteiger partial charge in [-0.3, -0.25) is 10.1 Å². The highest BCUT2D eigenvalue weighted by atomic mass is 16.6. The molecule has 0 bridgehead atoms. The SMILES string of the molecule is COc1ccc([N+](=O)[O-])cc1COCC1CCCNC1. The molecule has 2 rings (SSSR count). The first-order valence-electron chi connectivity index (χ1n) is 6.80. The smallest absolute Gasteiger partial charge is 0.270 e. The molecular weight excluding hydrogens is 260 g/mol. The van der Waals surface area contributed by atoms with Crippen LogP contribution in [0, 0.1) is 16.0 Å². The molecule has 0 aromatic heterocycles. The highest BCUT2D eigenvalue weighted by Crippen LogP contribution is 2.25. The number of nitro groups is 1. The van der Waals surface area contributed by atoms with Crippen molar-refractivity contribution in [1.29, 1.82) is 0 Å². The molecule has 0 aliphatic carbocycles. The molecule has 1 aromatic carbocycles. The third-order valence-corrected chi connectivity index (χ3v) is 3.48. The molecule has 0 spiro atoms. The molecule has 1 atom stereocenters. The van der Waals surface area contributed by atoms with Gasteiger partial charge in [0.15, 0.2) is 0 Å². The van der Waals surface area contributed by atoms with Crippen molar-refractivity contribution in [2.24, 2.45) is 5.92 Å². The van der Waals surface area contributed by atoms with Crippen molar-refractivity contribution in [3.8, 4) is 5.75 Å². The topological polar surface area (TPSA) is 73.6 Å². The Morgan fingerprint density at radius 3 is 3.00 bits per heavy atom. The number of hydrogen-bond donors (Lipinski definition) is 1. The molecule has 1 heterocycles. The number of nitrogens with one attached hydrogen (secondary N) is 1. The van der Waals surface area contributed by atoms with Crippen LogP contribution in [-0.2, 0) is 11.3 Å². The predicted molar refractivity (Wildman–Crippen MR) is 74.9 cm³/mol. The van der Waals surface area contributed by atoms with E-state index in [-0.39, 0.29) is 5.69 Å². The first kappa shape index (κ1) is 14.7. The fourth-order valence-electron chi connectivity index (χ4n) is 2.39. The van der Waals surface area contributed by atoms with E-state index in [0.29, 0.717) is 30.4 Å². The van der Waals surface area contributed by atoms with Gasteiger partial charge in [0.25, 0.3) is 5.69 Å². The van der Waals surface area contributed by atoms with Gasteiger partial charge in [0.2, 0.25) is 0 Å². The number of nitrogens with zero attached hydrogens (tertiary/aromatic N) is 1. The van der Waals surface area contributed by atoms with Gasteiger partial charge in [0.1, 0.15) is 5.75 Å². The third-order valence-electron chi connectivity index (χ3n) is 3.48. The molecule has 0 amide bonds. The fourth-order valence-corrected chi connectivity index (χ4v) is 2.39. The Balaban J connectivity index is 1.93. The summed E-state index contributed by atoms with van der Waals surface area (Å²) >= 11 is 0. The van der Waals surface area contributed by atoms with Crippen molar-refractivity contribution in [2.75, 3.05) is 26.8 Å². The van der Waals surface area contributed by atoms with Gasteiger partial charge in [-0.1, -0.05) is 0 Å². The Bertz CT molecular complexity index is 458. The molecule has 110 valence electrons. The van der Waals surface area contributed by atoms with Crippen molar-refractivity contribution in [3.05, 3.63) is 33.9 Å². The van der Waals surface area contributed by atoms with Gasteiger partial charge in [-0.25, -0.2) is 0 Å². The number of ether oxygens (including phenoxy) is 2. The third kappa shape index (κ3) is 3.91. The van der Waals surface area contributed by atoms with Crippen molar-refractivity contribution in [3.63, 3.8) is 0 Å². The maximum absolute atomic E-state index is 10.8. The Hall–Kier alpha value is -1.66. The summed E-state index contributed by atoms with van der Waals surface area (Å²) in [4.78, 5) is 10.4. The van der Waals surface area contributed by atoms with Gasteiger partial charge in [0, 0.05) is 24.2 Å². The number of non-ortho nitro benzene ring substituents is 1. The summed E-state index contributed by atoms with van der Waals surface area (Å²) in [5.41, 5.74) is 0.772. The molecule has 1 aromatic rings. The normalized spacial score (nSPS) is 18.8. The molecule has 6 heteroatoms. The summed E-state index contributed by atoms with van der Waals surface area (Å²) in [7, 11) is 1.55. The van der Waals surface area contributed by atoms with Crippen molar-refractivity contribution < 1.29 is 14.4 Å². The summed E-state index contributed by atoms with van der Waals surface area (Å²) in [6, 6.07) is 4.56. The second kappa shape index (κ2) is 7.21. The highest BCUT2D eigenvalue weighted by molar-refractivity contribution is 5.43. The van der Waals surface area contributed by atoms with E-state index in [1.807, 2.05) is 0 Å².